The maximum Gasteiger partial charge on any atom is 0.276 e. The van der Waals surface area contributed by atoms with Crippen molar-refractivity contribution in [3.8, 4) is 5.75 Å². The Morgan fingerprint density at radius 1 is 0.964 bits per heavy atom. The molecule has 1 aromatic carbocycles. The van der Waals surface area contributed by atoms with E-state index in [1.807, 2.05) is 28.9 Å². The maximum absolute atomic E-state index is 9.08. The average Bonchev–Trinajstić information content (AvgIpc) is 3.60. The molecule has 0 bridgehead atoms. The first-order chi connectivity index (χ1) is 26.5. The van der Waals surface area contributed by atoms with E-state index >= 15 is 0 Å². The highest BCUT2D eigenvalue weighted by molar-refractivity contribution is 7.74. The van der Waals surface area contributed by atoms with E-state index in [1.165, 1.54) is 26.6 Å². The van der Waals surface area contributed by atoms with E-state index in [1.54, 1.807) is 6.20 Å². The molecule has 1 aliphatic carbocycles. The van der Waals surface area contributed by atoms with Crippen molar-refractivity contribution in [3.63, 3.8) is 0 Å². The highest BCUT2D eigenvalue weighted by Gasteiger charge is 2.32. The summed E-state index contributed by atoms with van der Waals surface area (Å²) >= 11 is 6.33. The minimum absolute atomic E-state index is 0.0289. The van der Waals surface area contributed by atoms with Crippen molar-refractivity contribution in [3.05, 3.63) is 41.3 Å². The van der Waals surface area contributed by atoms with E-state index in [-0.39, 0.29) is 29.6 Å². The van der Waals surface area contributed by atoms with Gasteiger partial charge in [0.05, 0.1) is 77.1 Å². The second kappa shape index (κ2) is 26.2. The molecule has 312 valence electrons. The monoisotopic (exact) mass is 834 g/mol. The fraction of sp³-hybridized carbons (Fsp3) is 0.703. The Labute approximate surface area is 333 Å². The van der Waals surface area contributed by atoms with Gasteiger partial charge in [0.25, 0.3) is 7.72 Å². The summed E-state index contributed by atoms with van der Waals surface area (Å²) in [6.07, 6.45) is 8.75. The summed E-state index contributed by atoms with van der Waals surface area (Å²) in [6.45, 7) is 15.0. The molecular weight excluding hydrogens is 772 g/mol. The minimum atomic E-state index is -2.45. The van der Waals surface area contributed by atoms with Crippen molar-refractivity contribution in [1.82, 2.24) is 19.7 Å². The Hall–Kier alpha value is -1.84. The van der Waals surface area contributed by atoms with E-state index in [4.69, 9.17) is 54.7 Å². The second-order valence-corrected chi connectivity index (χ2v) is 18.2. The molecule has 3 aromatic rings. The topological polar surface area (TPSA) is 181 Å². The summed E-state index contributed by atoms with van der Waals surface area (Å²) in [6, 6.07) is 7.88. The number of nitrogens with one attached hydrogen (secondary N) is 1. The number of anilines is 1. The summed E-state index contributed by atoms with van der Waals surface area (Å²) in [5.41, 5.74) is 1.70. The van der Waals surface area contributed by atoms with Crippen LogP contribution in [0.3, 0.4) is 0 Å². The van der Waals surface area contributed by atoms with Gasteiger partial charge >= 0.3 is 0 Å². The zero-order valence-corrected chi connectivity index (χ0v) is 35.8. The number of hydrogen-bond donors (Lipinski definition) is 4. The molecule has 15 nitrogen and oxygen atoms in total. The molecule has 4 unspecified atom stereocenters. The number of benzene rings is 1. The van der Waals surface area contributed by atoms with Crippen molar-refractivity contribution < 1.29 is 47.6 Å². The SMILES string of the molecule is CC1CC1.CCCOCCOCCOCCOCCOc1cccc(C(C)Nc2nc(Cl)nc3c2cnn3C2CCC(CC)O2)c1.CO[P+](C)(O)CP(O)O. The van der Waals surface area contributed by atoms with Gasteiger partial charge in [0.15, 0.2) is 17.8 Å². The molecule has 0 spiro atoms. The highest BCUT2D eigenvalue weighted by Crippen LogP contribution is 2.58. The lowest BCUT2D eigenvalue weighted by molar-refractivity contribution is -0.00450. The Kier molecular flexibility index (Phi) is 22.7. The molecule has 5 rings (SSSR count). The molecule has 1 saturated heterocycles. The van der Waals surface area contributed by atoms with Gasteiger partial charge in [-0.3, -0.25) is 0 Å². The maximum atomic E-state index is 9.08. The number of fused-ring (bicyclic) bond motifs is 1. The number of nitrogens with zero attached hydrogens (tertiary/aromatic N) is 4. The smallest absolute Gasteiger partial charge is 0.276 e. The Balaban J connectivity index is 0.000000529. The number of hydrogen-bond acceptors (Lipinski definition) is 14. The molecule has 3 heterocycles. The summed E-state index contributed by atoms with van der Waals surface area (Å²) in [5.74, 6) is 2.45. The number of rotatable bonds is 23. The van der Waals surface area contributed by atoms with Crippen LogP contribution in [0.5, 0.6) is 5.75 Å². The normalized spacial score (nSPS) is 18.3. The van der Waals surface area contributed by atoms with Crippen molar-refractivity contribution in [1.29, 1.82) is 0 Å². The summed E-state index contributed by atoms with van der Waals surface area (Å²) < 4.78 is 40.4. The van der Waals surface area contributed by atoms with Crippen LogP contribution in [0, 0.1) is 5.92 Å². The Bertz CT molecular complexity index is 1490. The third-order valence-electron chi connectivity index (χ3n) is 8.56. The standard InChI is InChI=1S/C30H44ClN5O6.C4H8.C3H11O4P2/c1-4-11-37-12-13-38-14-15-39-16-17-40-18-19-41-25-8-6-7-23(20-25)22(3)33-28-26-21-32-36(29(26)35-30(31)34-28)27-10-9-24(5-2)42-27;1-4-2-3-4;1-7-9(2,6)3-8(4)5/h6-8,20-22,24,27H,4-5,9-19H2,1-3H3,(H,33,34,35);4H,2-3H2,1H3;4-6H,3H2,1-2H3/q;;+1. The van der Waals surface area contributed by atoms with Gasteiger partial charge in [0.1, 0.15) is 24.8 Å². The first kappa shape index (κ1) is 47.5. The lowest BCUT2D eigenvalue weighted by Crippen LogP contribution is -2.14. The number of aromatic nitrogens is 4. The van der Waals surface area contributed by atoms with Gasteiger partial charge in [-0.15, -0.1) is 0 Å². The van der Waals surface area contributed by atoms with E-state index < -0.39 is 16.1 Å². The van der Waals surface area contributed by atoms with Crippen molar-refractivity contribution in [2.45, 2.75) is 84.6 Å². The first-order valence-electron chi connectivity index (χ1n) is 19.1. The molecule has 4 atom stereocenters. The van der Waals surface area contributed by atoms with Crippen LogP contribution in [-0.2, 0) is 28.2 Å². The van der Waals surface area contributed by atoms with Crippen LogP contribution in [0.2, 0.25) is 5.28 Å². The molecule has 55 heavy (non-hydrogen) atoms. The highest BCUT2D eigenvalue weighted by atomic mass is 35.5. The second-order valence-electron chi connectivity index (χ2n) is 13.5. The predicted octanol–water partition coefficient (Wildman–Crippen LogP) is 7.37. The van der Waals surface area contributed by atoms with Crippen LogP contribution >= 0.6 is 27.7 Å². The summed E-state index contributed by atoms with van der Waals surface area (Å²) in [5, 5.41) is 9.00. The molecule has 0 amide bonds. The van der Waals surface area contributed by atoms with Gasteiger partial charge in [-0.25, -0.2) is 14.1 Å². The first-order valence-corrected chi connectivity index (χ1v) is 23.2. The van der Waals surface area contributed by atoms with Gasteiger partial charge < -0.3 is 43.5 Å². The van der Waals surface area contributed by atoms with E-state index in [0.717, 1.165) is 54.9 Å². The molecule has 2 fully saturated rings. The molecule has 1 saturated carbocycles. The molecule has 2 aromatic heterocycles. The van der Waals surface area contributed by atoms with Crippen molar-refractivity contribution >= 4 is 44.5 Å². The van der Waals surface area contributed by atoms with Gasteiger partial charge in [0.2, 0.25) is 13.7 Å². The summed E-state index contributed by atoms with van der Waals surface area (Å²) in [7, 11) is -3.12. The quantitative estimate of drug-likeness (QED) is 0.0422. The van der Waals surface area contributed by atoms with E-state index in [9.17, 15) is 0 Å². The van der Waals surface area contributed by atoms with Crippen LogP contribution < -0.4 is 10.1 Å². The van der Waals surface area contributed by atoms with Crippen LogP contribution in [-0.4, -0.2) is 120 Å². The minimum Gasteiger partial charge on any atom is -0.491 e. The van der Waals surface area contributed by atoms with Crippen molar-refractivity contribution in [2.75, 3.05) is 84.5 Å². The molecule has 4 N–H and O–H groups in total. The van der Waals surface area contributed by atoms with Gasteiger partial charge in [-0.2, -0.15) is 15.1 Å². The van der Waals surface area contributed by atoms with Crippen LogP contribution in [0.25, 0.3) is 11.0 Å². The predicted molar refractivity (Wildman–Crippen MR) is 218 cm³/mol. The van der Waals surface area contributed by atoms with Crippen molar-refractivity contribution in [2.24, 2.45) is 5.92 Å². The lowest BCUT2D eigenvalue weighted by atomic mass is 10.1. The van der Waals surface area contributed by atoms with E-state index in [2.05, 4.69) is 52.6 Å². The summed E-state index contributed by atoms with van der Waals surface area (Å²) in [4.78, 5) is 34.9. The fourth-order valence-electron chi connectivity index (χ4n) is 5.13. The van der Waals surface area contributed by atoms with Gasteiger partial charge in [-0.05, 0) is 67.8 Å². The van der Waals surface area contributed by atoms with Gasteiger partial charge in [0, 0.05) is 6.61 Å². The van der Waals surface area contributed by atoms with Gasteiger partial charge in [-0.1, -0.05) is 45.7 Å². The molecular formula is C37H63ClN5O10P2+. The molecule has 2 aliphatic rings. The fourth-order valence-corrected chi connectivity index (χ4v) is 7.64. The lowest BCUT2D eigenvalue weighted by Gasteiger charge is -2.17. The zero-order chi connectivity index (χ0) is 40.1. The largest absolute Gasteiger partial charge is 0.491 e. The molecule has 18 heteroatoms. The number of ether oxygens (including phenoxy) is 6. The Morgan fingerprint density at radius 3 is 2.11 bits per heavy atom. The number of halogens is 1. The van der Waals surface area contributed by atoms with Crippen LogP contribution in [0.1, 0.15) is 84.1 Å². The Morgan fingerprint density at radius 2 is 1.58 bits per heavy atom. The zero-order valence-electron chi connectivity index (χ0n) is 33.3. The third-order valence-corrected chi connectivity index (χ3v) is 12.6. The third kappa shape index (κ3) is 19.0. The van der Waals surface area contributed by atoms with Crippen LogP contribution in [0.15, 0.2) is 30.5 Å². The molecule has 0 radical (unpaired) electrons. The van der Waals surface area contributed by atoms with Crippen LogP contribution in [0.4, 0.5) is 5.82 Å². The van der Waals surface area contributed by atoms with E-state index in [0.29, 0.717) is 64.3 Å². The average molecular weight is 835 g/mol. The molecule has 1 aliphatic heterocycles.